The minimum absolute atomic E-state index is 0.0810. The normalized spacial score (nSPS) is 10.5. The van der Waals surface area contributed by atoms with Crippen LogP contribution in [0.5, 0.6) is 0 Å². The average molecular weight is 349 g/mol. The minimum Gasteiger partial charge on any atom is -0.465 e. The van der Waals surface area contributed by atoms with E-state index >= 15 is 0 Å². The maximum absolute atomic E-state index is 12.2. The zero-order valence-corrected chi connectivity index (χ0v) is 14.7. The van der Waals surface area contributed by atoms with E-state index in [1.165, 1.54) is 25.8 Å². The molecule has 1 heterocycles. The third-order valence-corrected chi connectivity index (χ3v) is 4.22. The Bertz CT molecular complexity index is 951. The van der Waals surface area contributed by atoms with Crippen LogP contribution < -0.4 is 0 Å². The summed E-state index contributed by atoms with van der Waals surface area (Å²) < 4.78 is 9.57. The molecule has 0 spiro atoms. The van der Waals surface area contributed by atoms with Crippen molar-refractivity contribution < 1.29 is 19.1 Å². The van der Waals surface area contributed by atoms with Gasteiger partial charge in [-0.2, -0.15) is 0 Å². The third kappa shape index (κ3) is 3.72. The molecule has 2 aromatic carbocycles. The molecule has 132 valence electrons. The second-order valence-electron chi connectivity index (χ2n) is 5.88. The van der Waals surface area contributed by atoms with E-state index in [0.29, 0.717) is 16.5 Å². The van der Waals surface area contributed by atoms with E-state index in [1.54, 1.807) is 0 Å². The summed E-state index contributed by atoms with van der Waals surface area (Å²) in [5.41, 5.74) is 3.27. The van der Waals surface area contributed by atoms with Crippen molar-refractivity contribution in [2.45, 2.75) is 12.8 Å². The zero-order chi connectivity index (χ0) is 18.5. The molecule has 0 aliphatic heterocycles. The van der Waals surface area contributed by atoms with E-state index in [4.69, 9.17) is 9.47 Å². The topological polar surface area (TPSA) is 65.5 Å². The lowest BCUT2D eigenvalue weighted by Crippen LogP contribution is -2.10. The van der Waals surface area contributed by atoms with Crippen LogP contribution in [0, 0.1) is 0 Å². The molecular weight excluding hydrogens is 330 g/mol. The van der Waals surface area contributed by atoms with Crippen molar-refractivity contribution in [1.29, 1.82) is 0 Å². The van der Waals surface area contributed by atoms with Crippen molar-refractivity contribution in [2.75, 3.05) is 14.2 Å². The Morgan fingerprint density at radius 3 is 2.23 bits per heavy atom. The van der Waals surface area contributed by atoms with Crippen LogP contribution in [0.3, 0.4) is 0 Å². The van der Waals surface area contributed by atoms with Crippen LogP contribution in [-0.4, -0.2) is 31.1 Å². The van der Waals surface area contributed by atoms with Gasteiger partial charge in [-0.05, 0) is 42.2 Å². The molecule has 0 amide bonds. The SMILES string of the molecule is COC(=O)c1cc(C(=O)OC)c2cc(CCc3ccccc3)ccc2n1. The second kappa shape index (κ2) is 7.78. The predicted molar refractivity (Wildman–Crippen MR) is 98.3 cm³/mol. The lowest BCUT2D eigenvalue weighted by atomic mass is 10.00. The fraction of sp³-hybridized carbons (Fsp3) is 0.190. The Labute approximate surface area is 151 Å². The molecular formula is C21H19NO4. The summed E-state index contributed by atoms with van der Waals surface area (Å²) in [7, 11) is 2.59. The summed E-state index contributed by atoms with van der Waals surface area (Å²) >= 11 is 0. The summed E-state index contributed by atoms with van der Waals surface area (Å²) in [6.07, 6.45) is 1.73. The molecule has 3 aromatic rings. The van der Waals surface area contributed by atoms with E-state index in [2.05, 4.69) is 17.1 Å². The highest BCUT2D eigenvalue weighted by atomic mass is 16.5. The number of pyridine rings is 1. The molecule has 0 aliphatic carbocycles. The number of aryl methyl sites for hydroxylation is 2. The summed E-state index contributed by atoms with van der Waals surface area (Å²) in [5, 5.41) is 0.662. The van der Waals surface area contributed by atoms with Crippen molar-refractivity contribution in [3.63, 3.8) is 0 Å². The van der Waals surface area contributed by atoms with Crippen LogP contribution in [0.1, 0.15) is 32.0 Å². The van der Waals surface area contributed by atoms with Crippen LogP contribution in [-0.2, 0) is 22.3 Å². The molecule has 0 N–H and O–H groups in total. The van der Waals surface area contributed by atoms with Crippen molar-refractivity contribution in [1.82, 2.24) is 4.98 Å². The molecule has 0 saturated heterocycles. The van der Waals surface area contributed by atoms with E-state index in [1.807, 2.05) is 36.4 Å². The van der Waals surface area contributed by atoms with Crippen molar-refractivity contribution in [3.05, 3.63) is 77.0 Å². The van der Waals surface area contributed by atoms with Gasteiger partial charge in [-0.1, -0.05) is 36.4 Å². The summed E-state index contributed by atoms with van der Waals surface area (Å²) in [4.78, 5) is 28.3. The quantitative estimate of drug-likeness (QED) is 0.659. The van der Waals surface area contributed by atoms with Crippen molar-refractivity contribution in [3.8, 4) is 0 Å². The predicted octanol–water partition coefficient (Wildman–Crippen LogP) is 3.59. The van der Waals surface area contributed by atoms with E-state index < -0.39 is 11.9 Å². The monoisotopic (exact) mass is 349 g/mol. The molecule has 5 heteroatoms. The maximum Gasteiger partial charge on any atom is 0.356 e. The Balaban J connectivity index is 1.99. The number of hydrogen-bond acceptors (Lipinski definition) is 5. The number of carbonyl (C=O) groups excluding carboxylic acids is 2. The molecule has 3 rings (SSSR count). The molecule has 0 radical (unpaired) electrons. The highest BCUT2D eigenvalue weighted by molar-refractivity contribution is 6.05. The number of fused-ring (bicyclic) bond motifs is 1. The van der Waals surface area contributed by atoms with Crippen molar-refractivity contribution >= 4 is 22.8 Å². The number of aromatic nitrogens is 1. The highest BCUT2D eigenvalue weighted by Gasteiger charge is 2.17. The van der Waals surface area contributed by atoms with E-state index in [9.17, 15) is 9.59 Å². The first-order valence-electron chi connectivity index (χ1n) is 8.26. The molecule has 1 aromatic heterocycles. The van der Waals surface area contributed by atoms with Crippen LogP contribution >= 0.6 is 0 Å². The number of hydrogen-bond donors (Lipinski definition) is 0. The van der Waals surface area contributed by atoms with Gasteiger partial charge in [0.25, 0.3) is 0 Å². The minimum atomic E-state index is -0.592. The molecule has 0 fully saturated rings. The molecule has 0 saturated carbocycles. The molecule has 5 nitrogen and oxygen atoms in total. The number of carbonyl (C=O) groups is 2. The fourth-order valence-electron chi connectivity index (χ4n) is 2.85. The molecule has 0 bridgehead atoms. The van der Waals surface area contributed by atoms with Crippen LogP contribution in [0.2, 0.25) is 0 Å². The van der Waals surface area contributed by atoms with E-state index in [-0.39, 0.29) is 5.69 Å². The largest absolute Gasteiger partial charge is 0.465 e. The molecule has 0 aliphatic rings. The lowest BCUT2D eigenvalue weighted by Gasteiger charge is -2.09. The first-order valence-corrected chi connectivity index (χ1v) is 8.26. The van der Waals surface area contributed by atoms with Crippen LogP contribution in [0.25, 0.3) is 10.9 Å². The van der Waals surface area contributed by atoms with Gasteiger partial charge >= 0.3 is 11.9 Å². The molecule has 0 unspecified atom stereocenters. The van der Waals surface area contributed by atoms with Gasteiger partial charge in [-0.3, -0.25) is 0 Å². The Hall–Kier alpha value is -3.21. The first-order chi connectivity index (χ1) is 12.6. The Kier molecular flexibility index (Phi) is 5.27. The average Bonchev–Trinajstić information content (AvgIpc) is 2.70. The summed E-state index contributed by atoms with van der Waals surface area (Å²) in [6.45, 7) is 0. The van der Waals surface area contributed by atoms with E-state index in [0.717, 1.165) is 18.4 Å². The Morgan fingerprint density at radius 1 is 0.846 bits per heavy atom. The zero-order valence-electron chi connectivity index (χ0n) is 14.7. The number of rotatable bonds is 5. The van der Waals surface area contributed by atoms with Gasteiger partial charge < -0.3 is 9.47 Å². The molecule has 26 heavy (non-hydrogen) atoms. The molecule has 0 atom stereocenters. The fourth-order valence-corrected chi connectivity index (χ4v) is 2.85. The second-order valence-corrected chi connectivity index (χ2v) is 5.88. The summed E-state index contributed by atoms with van der Waals surface area (Å²) in [6, 6.07) is 17.3. The third-order valence-electron chi connectivity index (χ3n) is 4.22. The lowest BCUT2D eigenvalue weighted by molar-refractivity contribution is 0.0594. The van der Waals surface area contributed by atoms with Crippen LogP contribution in [0.4, 0.5) is 0 Å². The highest BCUT2D eigenvalue weighted by Crippen LogP contribution is 2.22. The number of nitrogens with zero attached hydrogens (tertiary/aromatic N) is 1. The first kappa shape index (κ1) is 17.6. The van der Waals surface area contributed by atoms with Gasteiger partial charge in [-0.15, -0.1) is 0 Å². The van der Waals surface area contributed by atoms with Gasteiger partial charge in [0, 0.05) is 5.39 Å². The summed E-state index contributed by atoms with van der Waals surface area (Å²) in [5.74, 6) is -1.10. The number of benzene rings is 2. The van der Waals surface area contributed by atoms with Gasteiger partial charge in [0.2, 0.25) is 0 Å². The van der Waals surface area contributed by atoms with Gasteiger partial charge in [0.15, 0.2) is 0 Å². The standard InChI is InChI=1S/C21H19NO4/c1-25-20(23)17-13-19(21(24)26-2)22-18-11-10-15(12-16(17)18)9-8-14-6-4-3-5-7-14/h3-7,10-13H,8-9H2,1-2H3. The van der Waals surface area contributed by atoms with Crippen molar-refractivity contribution in [2.24, 2.45) is 0 Å². The maximum atomic E-state index is 12.2. The van der Waals surface area contributed by atoms with Gasteiger partial charge in [0.1, 0.15) is 5.69 Å². The van der Waals surface area contributed by atoms with Crippen LogP contribution in [0.15, 0.2) is 54.6 Å². The van der Waals surface area contributed by atoms with Gasteiger partial charge in [-0.25, -0.2) is 14.6 Å². The van der Waals surface area contributed by atoms with Gasteiger partial charge in [0.05, 0.1) is 25.3 Å². The number of methoxy groups -OCH3 is 2. The Morgan fingerprint density at radius 2 is 1.54 bits per heavy atom. The smallest absolute Gasteiger partial charge is 0.356 e. The number of ether oxygens (including phenoxy) is 2. The number of esters is 2.